The third-order valence-electron chi connectivity index (χ3n) is 2.34. The summed E-state index contributed by atoms with van der Waals surface area (Å²) in [5, 5.41) is 4.90. The monoisotopic (exact) mass is 278 g/mol. The minimum absolute atomic E-state index is 0.154. The first-order valence-corrected chi connectivity index (χ1v) is 6.72. The van der Waals surface area contributed by atoms with Crippen LogP contribution in [0.1, 0.15) is 0 Å². The van der Waals surface area contributed by atoms with Gasteiger partial charge in [0.2, 0.25) is 0 Å². The molecule has 0 fully saturated rings. The molecule has 1 N–H and O–H groups in total. The predicted molar refractivity (Wildman–Crippen MR) is 70.2 cm³/mol. The molecular weight excluding hydrogens is 268 g/mol. The summed E-state index contributed by atoms with van der Waals surface area (Å²) in [6.07, 6.45) is 0. The quantitative estimate of drug-likeness (QED) is 0.671. The van der Waals surface area contributed by atoms with Gasteiger partial charge < -0.3 is 5.32 Å². The highest BCUT2D eigenvalue weighted by Gasteiger charge is 2.20. The third-order valence-corrected chi connectivity index (χ3v) is 3.49. The fourth-order valence-electron chi connectivity index (χ4n) is 1.55. The Labute approximate surface area is 110 Å². The van der Waals surface area contributed by atoms with E-state index in [4.69, 9.17) is 0 Å². The van der Waals surface area contributed by atoms with Crippen molar-refractivity contribution in [3.63, 3.8) is 0 Å². The van der Waals surface area contributed by atoms with E-state index < -0.39 is 10.1 Å². The molecule has 6 nitrogen and oxygen atoms in total. The van der Waals surface area contributed by atoms with Crippen LogP contribution < -0.4 is 5.32 Å². The molecule has 0 aliphatic heterocycles. The van der Waals surface area contributed by atoms with Crippen LogP contribution in [0.3, 0.4) is 0 Å². The second-order valence-corrected chi connectivity index (χ2v) is 5.09. The summed E-state index contributed by atoms with van der Waals surface area (Å²) in [6, 6.07) is 15.1. The van der Waals surface area contributed by atoms with Crippen molar-refractivity contribution in [2.75, 3.05) is 5.32 Å². The van der Waals surface area contributed by atoms with Gasteiger partial charge in [0, 0.05) is 5.69 Å². The maximum atomic E-state index is 11.7. The number of benzene rings is 2. The van der Waals surface area contributed by atoms with E-state index in [2.05, 4.69) is 9.60 Å². The largest absolute Gasteiger partial charge is 0.363 e. The SMILES string of the molecule is O=NOS(=O)(=O)c1ccccc1Nc1ccccc1. The highest BCUT2D eigenvalue weighted by atomic mass is 32.2. The molecule has 2 aromatic rings. The molecule has 0 saturated heterocycles. The minimum atomic E-state index is -4.20. The summed E-state index contributed by atoms with van der Waals surface area (Å²) < 4.78 is 27.3. The number of hydrogen-bond acceptors (Lipinski definition) is 6. The lowest BCUT2D eigenvalue weighted by molar-refractivity contribution is 0.333. The Morgan fingerprint density at radius 2 is 1.58 bits per heavy atom. The van der Waals surface area contributed by atoms with Crippen LogP contribution in [0.4, 0.5) is 11.4 Å². The number of anilines is 2. The molecule has 2 aromatic carbocycles. The van der Waals surface area contributed by atoms with E-state index in [1.165, 1.54) is 12.1 Å². The molecule has 2 rings (SSSR count). The van der Waals surface area contributed by atoms with Crippen LogP contribution >= 0.6 is 0 Å². The lowest BCUT2D eigenvalue weighted by atomic mass is 10.3. The van der Waals surface area contributed by atoms with Crippen LogP contribution in [0.2, 0.25) is 0 Å². The highest BCUT2D eigenvalue weighted by Crippen LogP contribution is 2.26. The standard InChI is InChI=1S/C12H10N2O4S/c15-14-18-19(16,17)12-9-5-4-8-11(12)13-10-6-2-1-3-7-10/h1-9,13H. The van der Waals surface area contributed by atoms with E-state index in [1.54, 1.807) is 24.3 Å². The molecule has 0 amide bonds. The van der Waals surface area contributed by atoms with Gasteiger partial charge in [0.15, 0.2) is 5.34 Å². The van der Waals surface area contributed by atoms with Crippen LogP contribution in [-0.4, -0.2) is 8.42 Å². The molecule has 0 aromatic heterocycles. The normalized spacial score (nSPS) is 10.7. The Morgan fingerprint density at radius 1 is 0.947 bits per heavy atom. The van der Waals surface area contributed by atoms with Gasteiger partial charge in [0.25, 0.3) is 0 Å². The molecule has 98 valence electrons. The lowest BCUT2D eigenvalue weighted by Crippen LogP contribution is -2.05. The van der Waals surface area contributed by atoms with E-state index in [9.17, 15) is 13.3 Å². The number of hydrogen-bond donors (Lipinski definition) is 1. The Balaban J connectivity index is 2.40. The van der Waals surface area contributed by atoms with Crippen LogP contribution in [-0.2, 0) is 14.4 Å². The second kappa shape index (κ2) is 5.49. The molecule has 7 heteroatoms. The van der Waals surface area contributed by atoms with Gasteiger partial charge in [-0.15, -0.1) is 4.91 Å². The van der Waals surface area contributed by atoms with Gasteiger partial charge >= 0.3 is 10.1 Å². The molecule has 0 radical (unpaired) electrons. The average molecular weight is 278 g/mol. The summed E-state index contributed by atoms with van der Waals surface area (Å²) in [4.78, 5) is 9.84. The second-order valence-electron chi connectivity index (χ2n) is 3.59. The Kier molecular flexibility index (Phi) is 3.76. The lowest BCUT2D eigenvalue weighted by Gasteiger charge is -2.10. The highest BCUT2D eigenvalue weighted by molar-refractivity contribution is 7.86. The molecule has 0 aliphatic rings. The van der Waals surface area contributed by atoms with Crippen LogP contribution in [0.25, 0.3) is 0 Å². The Bertz CT molecular complexity index is 671. The van der Waals surface area contributed by atoms with Gasteiger partial charge in [-0.3, -0.25) is 0 Å². The summed E-state index contributed by atoms with van der Waals surface area (Å²) in [6.45, 7) is 0. The maximum absolute atomic E-state index is 11.7. The third kappa shape index (κ3) is 3.08. The summed E-state index contributed by atoms with van der Waals surface area (Å²) in [5.41, 5.74) is 1.02. The van der Waals surface area contributed by atoms with Crippen LogP contribution in [0, 0.1) is 4.91 Å². The van der Waals surface area contributed by atoms with Crippen molar-refractivity contribution in [1.29, 1.82) is 0 Å². The van der Waals surface area contributed by atoms with E-state index >= 15 is 0 Å². The topological polar surface area (TPSA) is 84.8 Å². The minimum Gasteiger partial charge on any atom is -0.354 e. The zero-order valence-electron chi connectivity index (χ0n) is 9.68. The number of nitrogens with one attached hydrogen (secondary N) is 1. The van der Waals surface area contributed by atoms with Gasteiger partial charge in [-0.2, -0.15) is 8.42 Å². The van der Waals surface area contributed by atoms with E-state index in [0.29, 0.717) is 11.4 Å². The number of para-hydroxylation sites is 2. The predicted octanol–water partition coefficient (Wildman–Crippen LogP) is 2.82. The molecule has 0 unspecified atom stereocenters. The van der Waals surface area contributed by atoms with E-state index in [0.717, 1.165) is 0 Å². The molecule has 0 spiro atoms. The molecule has 0 aliphatic carbocycles. The van der Waals surface area contributed by atoms with Gasteiger partial charge in [0.05, 0.1) is 5.69 Å². The summed E-state index contributed by atoms with van der Waals surface area (Å²) >= 11 is 0. The zero-order chi connectivity index (χ0) is 13.7. The van der Waals surface area contributed by atoms with Gasteiger partial charge in [-0.1, -0.05) is 30.3 Å². The molecular formula is C12H10N2O4S. The Hall–Kier alpha value is -2.41. The maximum Gasteiger partial charge on any atom is 0.363 e. The fourth-order valence-corrected chi connectivity index (χ4v) is 2.34. The number of rotatable bonds is 5. The molecule has 0 heterocycles. The summed E-state index contributed by atoms with van der Waals surface area (Å²) in [7, 11) is -4.20. The Morgan fingerprint density at radius 3 is 2.26 bits per heavy atom. The average Bonchev–Trinajstić information content (AvgIpc) is 2.40. The molecule has 0 saturated carbocycles. The first kappa shape index (κ1) is 13.0. The first-order chi connectivity index (χ1) is 9.13. The van der Waals surface area contributed by atoms with Crippen molar-refractivity contribution < 1.29 is 12.7 Å². The van der Waals surface area contributed by atoms with Gasteiger partial charge in [-0.25, -0.2) is 4.28 Å². The number of nitrogens with zero attached hydrogens (tertiary/aromatic N) is 1. The van der Waals surface area contributed by atoms with Crippen molar-refractivity contribution >= 4 is 21.5 Å². The fraction of sp³-hybridized carbons (Fsp3) is 0. The van der Waals surface area contributed by atoms with Gasteiger partial charge in [-0.05, 0) is 24.3 Å². The molecule has 0 atom stereocenters. The molecule has 0 bridgehead atoms. The van der Waals surface area contributed by atoms with Crippen LogP contribution in [0.5, 0.6) is 0 Å². The molecule has 19 heavy (non-hydrogen) atoms. The van der Waals surface area contributed by atoms with E-state index in [1.807, 2.05) is 23.5 Å². The summed E-state index contributed by atoms with van der Waals surface area (Å²) in [5.74, 6) is 0. The van der Waals surface area contributed by atoms with Crippen molar-refractivity contribution in [2.45, 2.75) is 4.90 Å². The van der Waals surface area contributed by atoms with E-state index in [-0.39, 0.29) is 4.90 Å². The zero-order valence-corrected chi connectivity index (χ0v) is 10.5. The van der Waals surface area contributed by atoms with Crippen molar-refractivity contribution in [1.82, 2.24) is 0 Å². The first-order valence-electron chi connectivity index (χ1n) is 5.31. The van der Waals surface area contributed by atoms with Crippen molar-refractivity contribution in [3.8, 4) is 0 Å². The van der Waals surface area contributed by atoms with Crippen molar-refractivity contribution in [3.05, 3.63) is 59.5 Å². The van der Waals surface area contributed by atoms with Gasteiger partial charge in [0.1, 0.15) is 4.90 Å². The smallest absolute Gasteiger partial charge is 0.354 e. The van der Waals surface area contributed by atoms with Crippen molar-refractivity contribution in [2.24, 2.45) is 5.34 Å². The van der Waals surface area contributed by atoms with Crippen LogP contribution in [0.15, 0.2) is 64.8 Å².